The van der Waals surface area contributed by atoms with Crippen LogP contribution < -0.4 is 14.8 Å². The lowest BCUT2D eigenvalue weighted by molar-refractivity contribution is 0.0950. The molecule has 1 amide bonds. The number of methoxy groups -OCH3 is 1. The van der Waals surface area contributed by atoms with Gasteiger partial charge in [-0.2, -0.15) is 0 Å². The van der Waals surface area contributed by atoms with Gasteiger partial charge >= 0.3 is 0 Å². The summed E-state index contributed by atoms with van der Waals surface area (Å²) in [5.74, 6) is 1.24. The Hall–Kier alpha value is -2.27. The van der Waals surface area contributed by atoms with Crippen LogP contribution in [-0.2, 0) is 6.54 Å². The molecule has 0 spiro atoms. The molecule has 1 aromatic carbocycles. The summed E-state index contributed by atoms with van der Waals surface area (Å²) in [6, 6.07) is 8.90. The van der Waals surface area contributed by atoms with E-state index in [1.807, 2.05) is 18.2 Å². The average Bonchev–Trinajstić information content (AvgIpc) is 3.13. The van der Waals surface area contributed by atoms with Crippen LogP contribution in [-0.4, -0.2) is 24.1 Å². The van der Waals surface area contributed by atoms with Crippen LogP contribution in [0.1, 0.15) is 41.6 Å². The average molecular weight is 361 g/mol. The molecule has 5 nitrogen and oxygen atoms in total. The van der Waals surface area contributed by atoms with E-state index in [2.05, 4.69) is 10.3 Å². The quantitative estimate of drug-likeness (QED) is 0.791. The molecule has 1 saturated carbocycles. The van der Waals surface area contributed by atoms with E-state index in [-0.39, 0.29) is 12.0 Å². The molecule has 132 valence electrons. The summed E-state index contributed by atoms with van der Waals surface area (Å²) in [4.78, 5) is 16.0. The Bertz CT molecular complexity index is 745. The highest BCUT2D eigenvalue weighted by Gasteiger charge is 2.18. The molecule has 1 aliphatic rings. The number of carbonyl (C=O) groups excluding carboxylic acids is 1. The van der Waals surface area contributed by atoms with Crippen LogP contribution in [0.5, 0.6) is 11.5 Å². The van der Waals surface area contributed by atoms with Crippen molar-refractivity contribution in [3.8, 4) is 11.5 Å². The molecular formula is C19H21ClN2O3. The van der Waals surface area contributed by atoms with E-state index in [1.165, 1.54) is 25.1 Å². The Morgan fingerprint density at radius 3 is 2.76 bits per heavy atom. The van der Waals surface area contributed by atoms with Crippen molar-refractivity contribution in [1.29, 1.82) is 0 Å². The number of amides is 1. The monoisotopic (exact) mass is 360 g/mol. The molecule has 0 bridgehead atoms. The summed E-state index contributed by atoms with van der Waals surface area (Å²) in [7, 11) is 1.62. The van der Waals surface area contributed by atoms with Crippen molar-refractivity contribution in [2.24, 2.45) is 0 Å². The Labute approximate surface area is 152 Å². The molecule has 6 heteroatoms. The predicted octanol–water partition coefficient (Wildman–Crippen LogP) is 4.00. The summed E-state index contributed by atoms with van der Waals surface area (Å²) in [6.07, 6.45) is 6.41. The second-order valence-corrected chi connectivity index (χ2v) is 6.45. The number of nitrogens with zero attached hydrogens (tertiary/aromatic N) is 1. The summed E-state index contributed by atoms with van der Waals surface area (Å²) in [6.45, 7) is 0.388. The predicted molar refractivity (Wildman–Crippen MR) is 96.3 cm³/mol. The maximum atomic E-state index is 12.2. The first-order valence-electron chi connectivity index (χ1n) is 8.39. The van der Waals surface area contributed by atoms with E-state index in [0.717, 1.165) is 24.2 Å². The molecular weight excluding hydrogens is 340 g/mol. The van der Waals surface area contributed by atoms with Gasteiger partial charge in [0.2, 0.25) is 0 Å². The van der Waals surface area contributed by atoms with Gasteiger partial charge in [-0.15, -0.1) is 0 Å². The fourth-order valence-corrected chi connectivity index (χ4v) is 3.11. The minimum absolute atomic E-state index is 0.199. The molecule has 1 aliphatic carbocycles. The van der Waals surface area contributed by atoms with Crippen molar-refractivity contribution in [3.05, 3.63) is 52.8 Å². The van der Waals surface area contributed by atoms with Crippen LogP contribution in [0.25, 0.3) is 0 Å². The number of hydrogen-bond donors (Lipinski definition) is 1. The van der Waals surface area contributed by atoms with Gasteiger partial charge in [0.25, 0.3) is 5.91 Å². The molecule has 2 aromatic rings. The number of halogens is 1. The van der Waals surface area contributed by atoms with Crippen molar-refractivity contribution in [2.45, 2.75) is 38.3 Å². The number of aromatic nitrogens is 1. The first-order valence-corrected chi connectivity index (χ1v) is 8.77. The van der Waals surface area contributed by atoms with Gasteiger partial charge in [0.1, 0.15) is 5.15 Å². The zero-order valence-electron chi connectivity index (χ0n) is 14.1. The van der Waals surface area contributed by atoms with Crippen LogP contribution >= 0.6 is 11.6 Å². The molecule has 0 radical (unpaired) electrons. The van der Waals surface area contributed by atoms with E-state index >= 15 is 0 Å². The number of pyridine rings is 1. The van der Waals surface area contributed by atoms with Gasteiger partial charge in [0, 0.05) is 18.3 Å². The van der Waals surface area contributed by atoms with Crippen LogP contribution in [0.15, 0.2) is 36.5 Å². The largest absolute Gasteiger partial charge is 0.493 e. The zero-order chi connectivity index (χ0) is 17.6. The second-order valence-electron chi connectivity index (χ2n) is 6.06. The van der Waals surface area contributed by atoms with Gasteiger partial charge in [-0.1, -0.05) is 17.7 Å². The van der Waals surface area contributed by atoms with Gasteiger partial charge in [-0.25, -0.2) is 4.98 Å². The lowest BCUT2D eigenvalue weighted by atomic mass is 10.2. The number of carbonyl (C=O) groups is 1. The highest BCUT2D eigenvalue weighted by molar-refractivity contribution is 6.29. The molecule has 0 atom stereocenters. The molecule has 1 N–H and O–H groups in total. The third-order valence-corrected chi connectivity index (χ3v) is 4.47. The standard InChI is InChI=1S/C19H21ClN2O3/c1-24-17-10-13(6-7-16(17)25-15-4-2-3-5-15)12-22-19(23)14-8-9-21-18(20)11-14/h6-11,15H,2-5,12H2,1H3,(H,22,23). The first-order chi connectivity index (χ1) is 12.2. The first kappa shape index (κ1) is 17.5. The molecule has 1 heterocycles. The highest BCUT2D eigenvalue weighted by atomic mass is 35.5. The number of benzene rings is 1. The Morgan fingerprint density at radius 1 is 1.24 bits per heavy atom. The van der Waals surface area contributed by atoms with Crippen LogP contribution in [0.4, 0.5) is 0 Å². The summed E-state index contributed by atoms with van der Waals surface area (Å²) in [5.41, 5.74) is 1.41. The van der Waals surface area contributed by atoms with Crippen molar-refractivity contribution in [2.75, 3.05) is 7.11 Å². The van der Waals surface area contributed by atoms with E-state index in [9.17, 15) is 4.79 Å². The fraction of sp³-hybridized carbons (Fsp3) is 0.368. The molecule has 0 aliphatic heterocycles. The SMILES string of the molecule is COc1cc(CNC(=O)c2ccnc(Cl)c2)ccc1OC1CCCC1. The van der Waals surface area contributed by atoms with Crippen molar-refractivity contribution >= 4 is 17.5 Å². The summed E-state index contributed by atoms with van der Waals surface area (Å²) in [5, 5.41) is 3.16. The minimum atomic E-state index is -0.199. The number of nitrogens with one attached hydrogen (secondary N) is 1. The molecule has 0 saturated heterocycles. The fourth-order valence-electron chi connectivity index (χ4n) is 2.93. The highest BCUT2D eigenvalue weighted by Crippen LogP contribution is 2.32. The normalized spacial score (nSPS) is 14.3. The third kappa shape index (κ3) is 4.63. The van der Waals surface area contributed by atoms with Crippen molar-refractivity contribution < 1.29 is 14.3 Å². The van der Waals surface area contributed by atoms with Gasteiger partial charge in [0.05, 0.1) is 13.2 Å². The maximum Gasteiger partial charge on any atom is 0.251 e. The van der Waals surface area contributed by atoms with Gasteiger partial charge in [-0.05, 0) is 55.5 Å². The number of rotatable bonds is 6. The van der Waals surface area contributed by atoms with E-state index in [0.29, 0.717) is 23.0 Å². The lowest BCUT2D eigenvalue weighted by Gasteiger charge is -2.16. The van der Waals surface area contributed by atoms with Gasteiger partial charge < -0.3 is 14.8 Å². The molecule has 1 fully saturated rings. The van der Waals surface area contributed by atoms with Crippen LogP contribution in [0, 0.1) is 0 Å². The maximum absolute atomic E-state index is 12.2. The lowest BCUT2D eigenvalue weighted by Crippen LogP contribution is -2.22. The third-order valence-electron chi connectivity index (χ3n) is 4.27. The van der Waals surface area contributed by atoms with Crippen molar-refractivity contribution in [1.82, 2.24) is 10.3 Å². The van der Waals surface area contributed by atoms with E-state index in [4.69, 9.17) is 21.1 Å². The minimum Gasteiger partial charge on any atom is -0.493 e. The number of ether oxygens (including phenoxy) is 2. The van der Waals surface area contributed by atoms with Gasteiger partial charge in [-0.3, -0.25) is 4.79 Å². The van der Waals surface area contributed by atoms with Gasteiger partial charge in [0.15, 0.2) is 11.5 Å². The molecule has 3 rings (SSSR count). The van der Waals surface area contributed by atoms with Crippen LogP contribution in [0.2, 0.25) is 5.15 Å². The number of hydrogen-bond acceptors (Lipinski definition) is 4. The zero-order valence-corrected chi connectivity index (χ0v) is 14.9. The Balaban J connectivity index is 1.63. The summed E-state index contributed by atoms with van der Waals surface area (Å²) >= 11 is 5.81. The molecule has 1 aromatic heterocycles. The van der Waals surface area contributed by atoms with E-state index in [1.54, 1.807) is 13.2 Å². The van der Waals surface area contributed by atoms with Crippen molar-refractivity contribution in [3.63, 3.8) is 0 Å². The Morgan fingerprint density at radius 2 is 2.04 bits per heavy atom. The molecule has 25 heavy (non-hydrogen) atoms. The topological polar surface area (TPSA) is 60.5 Å². The van der Waals surface area contributed by atoms with E-state index < -0.39 is 0 Å². The second kappa shape index (κ2) is 8.21. The molecule has 0 unspecified atom stereocenters. The summed E-state index contributed by atoms with van der Waals surface area (Å²) < 4.78 is 11.5. The Kier molecular flexibility index (Phi) is 5.76. The smallest absolute Gasteiger partial charge is 0.251 e. The van der Waals surface area contributed by atoms with Crippen LogP contribution in [0.3, 0.4) is 0 Å².